The molecule has 0 saturated heterocycles. The number of hydrogen-bond donors (Lipinski definition) is 2. The van der Waals surface area contributed by atoms with E-state index in [1.54, 1.807) is 0 Å². The van der Waals surface area contributed by atoms with E-state index < -0.39 is 10.0 Å². The Hall–Kier alpha value is -0.170. The lowest BCUT2D eigenvalue weighted by Crippen LogP contribution is -2.44. The Morgan fingerprint density at radius 3 is 2.33 bits per heavy atom. The van der Waals surface area contributed by atoms with E-state index in [4.69, 9.17) is 4.74 Å². The molecule has 6 heteroatoms. The highest BCUT2D eigenvalue weighted by Gasteiger charge is 2.20. The minimum Gasteiger partial charge on any atom is -0.380 e. The molecular formula is C12H28N2O3S. The van der Waals surface area contributed by atoms with Crippen LogP contribution in [0.3, 0.4) is 0 Å². The molecule has 2 N–H and O–H groups in total. The van der Waals surface area contributed by atoms with E-state index in [-0.39, 0.29) is 17.7 Å². The normalized spacial score (nSPS) is 14.1. The van der Waals surface area contributed by atoms with Gasteiger partial charge in [0.1, 0.15) is 0 Å². The van der Waals surface area contributed by atoms with Gasteiger partial charge >= 0.3 is 0 Å². The highest BCUT2D eigenvalue weighted by atomic mass is 32.2. The van der Waals surface area contributed by atoms with Crippen molar-refractivity contribution in [2.24, 2.45) is 5.92 Å². The fourth-order valence-corrected chi connectivity index (χ4v) is 2.74. The third-order valence-electron chi connectivity index (χ3n) is 2.61. The molecule has 0 aromatic heterocycles. The smallest absolute Gasteiger partial charge is 0.213 e. The van der Waals surface area contributed by atoms with Crippen molar-refractivity contribution >= 4 is 10.0 Å². The SMILES string of the molecule is CCCNCCS(=O)(=O)NC(COCC)C(C)C. The summed E-state index contributed by atoms with van der Waals surface area (Å²) in [7, 11) is -3.23. The quantitative estimate of drug-likeness (QED) is 0.553. The van der Waals surface area contributed by atoms with Gasteiger partial charge in [-0.3, -0.25) is 0 Å². The summed E-state index contributed by atoms with van der Waals surface area (Å²) in [4.78, 5) is 0. The number of sulfonamides is 1. The van der Waals surface area contributed by atoms with Crippen LogP contribution in [0.25, 0.3) is 0 Å². The monoisotopic (exact) mass is 280 g/mol. The van der Waals surface area contributed by atoms with Crippen LogP contribution >= 0.6 is 0 Å². The van der Waals surface area contributed by atoms with Crippen molar-refractivity contribution in [2.75, 3.05) is 32.1 Å². The Morgan fingerprint density at radius 1 is 1.17 bits per heavy atom. The third kappa shape index (κ3) is 8.85. The Bertz CT molecular complexity index is 292. The van der Waals surface area contributed by atoms with Crippen LogP contribution in [0, 0.1) is 5.92 Å². The van der Waals surface area contributed by atoms with E-state index in [1.807, 2.05) is 20.8 Å². The van der Waals surface area contributed by atoms with Crippen LogP contribution < -0.4 is 10.0 Å². The number of rotatable bonds is 11. The summed E-state index contributed by atoms with van der Waals surface area (Å²) in [6.45, 7) is 10.3. The maximum absolute atomic E-state index is 11.9. The fourth-order valence-electron chi connectivity index (χ4n) is 1.41. The number of nitrogens with one attached hydrogen (secondary N) is 2. The summed E-state index contributed by atoms with van der Waals surface area (Å²) < 4.78 is 31.7. The number of ether oxygens (including phenoxy) is 1. The molecule has 0 aromatic rings. The summed E-state index contributed by atoms with van der Waals surface area (Å²) >= 11 is 0. The molecule has 110 valence electrons. The van der Waals surface area contributed by atoms with Crippen LogP contribution in [-0.2, 0) is 14.8 Å². The van der Waals surface area contributed by atoms with Gasteiger partial charge < -0.3 is 10.1 Å². The van der Waals surface area contributed by atoms with Gasteiger partial charge in [0.25, 0.3) is 0 Å². The molecule has 1 unspecified atom stereocenters. The molecule has 0 radical (unpaired) electrons. The molecule has 0 amide bonds. The van der Waals surface area contributed by atoms with Crippen molar-refractivity contribution in [3.63, 3.8) is 0 Å². The lowest BCUT2D eigenvalue weighted by atomic mass is 10.1. The van der Waals surface area contributed by atoms with Gasteiger partial charge in [-0.2, -0.15) is 0 Å². The van der Waals surface area contributed by atoms with Crippen molar-refractivity contribution in [1.82, 2.24) is 10.0 Å². The lowest BCUT2D eigenvalue weighted by Gasteiger charge is -2.22. The highest BCUT2D eigenvalue weighted by Crippen LogP contribution is 2.04. The van der Waals surface area contributed by atoms with Gasteiger partial charge in [-0.05, 0) is 25.8 Å². The standard InChI is InChI=1S/C12H28N2O3S/c1-5-7-13-8-9-18(15,16)14-12(11(3)4)10-17-6-2/h11-14H,5-10H2,1-4H3. The lowest BCUT2D eigenvalue weighted by molar-refractivity contribution is 0.116. The molecule has 0 aliphatic carbocycles. The average Bonchev–Trinajstić information content (AvgIpc) is 2.30. The molecule has 0 aliphatic rings. The zero-order chi connectivity index (χ0) is 14.0. The Morgan fingerprint density at radius 2 is 1.83 bits per heavy atom. The predicted molar refractivity (Wildman–Crippen MR) is 75.2 cm³/mol. The second kappa shape index (κ2) is 9.72. The van der Waals surface area contributed by atoms with E-state index in [0.29, 0.717) is 19.8 Å². The highest BCUT2D eigenvalue weighted by molar-refractivity contribution is 7.89. The molecule has 0 fully saturated rings. The summed E-state index contributed by atoms with van der Waals surface area (Å²) in [5.41, 5.74) is 0. The van der Waals surface area contributed by atoms with Crippen LogP contribution in [0.4, 0.5) is 0 Å². The molecular weight excluding hydrogens is 252 g/mol. The van der Waals surface area contributed by atoms with E-state index >= 15 is 0 Å². The van der Waals surface area contributed by atoms with Gasteiger partial charge in [0.05, 0.1) is 12.4 Å². The zero-order valence-corrected chi connectivity index (χ0v) is 12.8. The first kappa shape index (κ1) is 17.8. The van der Waals surface area contributed by atoms with Gasteiger partial charge in [0, 0.05) is 19.2 Å². The second-order valence-corrected chi connectivity index (χ2v) is 6.57. The molecule has 0 heterocycles. The number of hydrogen-bond acceptors (Lipinski definition) is 4. The van der Waals surface area contributed by atoms with E-state index in [0.717, 1.165) is 13.0 Å². The topological polar surface area (TPSA) is 67.4 Å². The van der Waals surface area contributed by atoms with Crippen LogP contribution in [0.1, 0.15) is 34.1 Å². The van der Waals surface area contributed by atoms with Crippen LogP contribution in [-0.4, -0.2) is 46.5 Å². The minimum absolute atomic E-state index is 0.113. The largest absolute Gasteiger partial charge is 0.380 e. The molecule has 0 aromatic carbocycles. The summed E-state index contributed by atoms with van der Waals surface area (Å²) in [5.74, 6) is 0.331. The minimum atomic E-state index is -3.23. The molecule has 0 rings (SSSR count). The maximum atomic E-state index is 11.9. The van der Waals surface area contributed by atoms with Gasteiger partial charge in [0.2, 0.25) is 10.0 Å². The molecule has 18 heavy (non-hydrogen) atoms. The average molecular weight is 280 g/mol. The molecule has 1 atom stereocenters. The Balaban J connectivity index is 4.15. The van der Waals surface area contributed by atoms with Crippen molar-refractivity contribution in [1.29, 1.82) is 0 Å². The molecule has 0 bridgehead atoms. The van der Waals surface area contributed by atoms with E-state index in [9.17, 15) is 8.42 Å². The van der Waals surface area contributed by atoms with Gasteiger partial charge in [-0.25, -0.2) is 13.1 Å². The fraction of sp³-hybridized carbons (Fsp3) is 1.00. The van der Waals surface area contributed by atoms with Gasteiger partial charge in [0.15, 0.2) is 0 Å². The van der Waals surface area contributed by atoms with E-state index in [1.165, 1.54) is 0 Å². The second-order valence-electron chi connectivity index (χ2n) is 4.70. The van der Waals surface area contributed by atoms with E-state index in [2.05, 4.69) is 17.0 Å². The molecule has 0 saturated carbocycles. The first-order chi connectivity index (χ1) is 8.43. The van der Waals surface area contributed by atoms with Crippen LogP contribution in [0.2, 0.25) is 0 Å². The van der Waals surface area contributed by atoms with Crippen molar-refractivity contribution in [3.05, 3.63) is 0 Å². The predicted octanol–water partition coefficient (Wildman–Crippen LogP) is 0.967. The Labute approximate surface area is 112 Å². The molecule has 5 nitrogen and oxygen atoms in total. The Kier molecular flexibility index (Phi) is 9.63. The first-order valence-electron chi connectivity index (χ1n) is 6.71. The van der Waals surface area contributed by atoms with Crippen molar-refractivity contribution in [3.8, 4) is 0 Å². The van der Waals surface area contributed by atoms with Crippen molar-refractivity contribution in [2.45, 2.75) is 40.2 Å². The summed E-state index contributed by atoms with van der Waals surface area (Å²) in [6.07, 6.45) is 1.01. The van der Waals surface area contributed by atoms with Gasteiger partial charge in [-0.1, -0.05) is 20.8 Å². The first-order valence-corrected chi connectivity index (χ1v) is 8.36. The van der Waals surface area contributed by atoms with Crippen LogP contribution in [0.15, 0.2) is 0 Å². The van der Waals surface area contributed by atoms with Gasteiger partial charge in [-0.15, -0.1) is 0 Å². The van der Waals surface area contributed by atoms with Crippen LogP contribution in [0.5, 0.6) is 0 Å². The summed E-state index contributed by atoms with van der Waals surface area (Å²) in [5, 5.41) is 3.09. The molecule has 0 aliphatic heterocycles. The zero-order valence-electron chi connectivity index (χ0n) is 12.0. The maximum Gasteiger partial charge on any atom is 0.213 e. The molecule has 0 spiro atoms. The summed E-state index contributed by atoms with van der Waals surface area (Å²) in [6, 6.07) is -0.152. The van der Waals surface area contributed by atoms with Crippen molar-refractivity contribution < 1.29 is 13.2 Å². The third-order valence-corrected chi connectivity index (χ3v) is 4.01.